The summed E-state index contributed by atoms with van der Waals surface area (Å²) < 4.78 is 26.2. The van der Waals surface area contributed by atoms with Gasteiger partial charge in [-0.2, -0.15) is 0 Å². The Morgan fingerprint density at radius 1 is 0.960 bits per heavy atom. The van der Waals surface area contributed by atoms with Crippen molar-refractivity contribution in [1.82, 2.24) is 4.90 Å². The minimum absolute atomic E-state index is 0.0166. The van der Waals surface area contributed by atoms with Gasteiger partial charge in [-0.1, -0.05) is 30.3 Å². The van der Waals surface area contributed by atoms with Crippen molar-refractivity contribution in [2.24, 2.45) is 4.52 Å². The number of sulfonamides is 1. The summed E-state index contributed by atoms with van der Waals surface area (Å²) in [6, 6.07) is 16.9. The van der Waals surface area contributed by atoms with Gasteiger partial charge < -0.3 is 4.90 Å². The fourth-order valence-electron chi connectivity index (χ4n) is 2.92. The second kappa shape index (κ2) is 7.57. The Morgan fingerprint density at radius 3 is 2.20 bits per heavy atom. The van der Waals surface area contributed by atoms with E-state index in [9.17, 15) is 8.42 Å². The molecule has 0 aromatic heterocycles. The van der Waals surface area contributed by atoms with Crippen molar-refractivity contribution in [1.29, 1.82) is 0 Å². The van der Waals surface area contributed by atoms with Gasteiger partial charge in [0.1, 0.15) is 0 Å². The first-order valence-corrected chi connectivity index (χ1v) is 9.45. The maximum absolute atomic E-state index is 11.7. The number of rotatable bonds is 5. The Balaban J connectivity index is 1.58. The minimum atomic E-state index is -3.91. The maximum atomic E-state index is 11.7. The van der Waals surface area contributed by atoms with Crippen LogP contribution in [0.4, 0.5) is 5.69 Å². The van der Waals surface area contributed by atoms with Crippen molar-refractivity contribution in [3.63, 3.8) is 0 Å². The normalized spacial score (nSPS) is 15.6. The average molecular weight is 357 g/mol. The van der Waals surface area contributed by atoms with E-state index in [-0.39, 0.29) is 4.90 Å². The number of benzene rings is 2. The van der Waals surface area contributed by atoms with E-state index >= 15 is 0 Å². The molecule has 0 atom stereocenters. The number of nitrogens with zero attached hydrogens (tertiary/aromatic N) is 5. The van der Waals surface area contributed by atoms with Crippen LogP contribution >= 0.6 is 0 Å². The second-order valence-electron chi connectivity index (χ2n) is 5.89. The number of hydrogen-bond acceptors (Lipinski definition) is 4. The van der Waals surface area contributed by atoms with Crippen LogP contribution in [-0.4, -0.2) is 39.5 Å². The highest BCUT2D eigenvalue weighted by Crippen LogP contribution is 2.18. The third-order valence-corrected chi connectivity index (χ3v) is 5.42. The summed E-state index contributed by atoms with van der Waals surface area (Å²) in [6.45, 7) is 4.60. The van der Waals surface area contributed by atoms with Crippen molar-refractivity contribution in [2.75, 3.05) is 31.1 Å². The van der Waals surface area contributed by atoms with Crippen molar-refractivity contribution < 1.29 is 8.42 Å². The van der Waals surface area contributed by atoms with E-state index in [1.165, 1.54) is 17.8 Å². The van der Waals surface area contributed by atoms with Gasteiger partial charge in [0.2, 0.25) is 0 Å². The summed E-state index contributed by atoms with van der Waals surface area (Å²) in [4.78, 5) is 7.08. The van der Waals surface area contributed by atoms with Crippen LogP contribution in [0.2, 0.25) is 0 Å². The number of azide groups is 1. The van der Waals surface area contributed by atoms with Crippen molar-refractivity contribution >= 4 is 15.7 Å². The Bertz CT molecular complexity index is 854. The molecule has 1 aliphatic heterocycles. The second-order valence-corrected chi connectivity index (χ2v) is 7.47. The molecule has 25 heavy (non-hydrogen) atoms. The lowest BCUT2D eigenvalue weighted by atomic mass is 10.2. The van der Waals surface area contributed by atoms with Crippen LogP contribution in [0.15, 0.2) is 64.0 Å². The molecule has 0 unspecified atom stereocenters. The molecule has 0 bridgehead atoms. The van der Waals surface area contributed by atoms with Crippen LogP contribution in [0.1, 0.15) is 5.56 Å². The largest absolute Gasteiger partial charge is 0.369 e. The molecule has 0 saturated carbocycles. The SMILES string of the molecule is [N-]=[N+]=NS(=O)(=O)c1ccc(CN2CCN(c3ccccc3)CC2)cc1. The third kappa shape index (κ3) is 4.30. The summed E-state index contributed by atoms with van der Waals surface area (Å²) in [5, 5.41) is 0. The molecule has 8 heteroatoms. The smallest absolute Gasteiger partial charge is 0.264 e. The monoisotopic (exact) mass is 357 g/mol. The highest BCUT2D eigenvalue weighted by Gasteiger charge is 2.17. The molecule has 0 amide bonds. The maximum Gasteiger partial charge on any atom is 0.264 e. The van der Waals surface area contributed by atoms with Gasteiger partial charge in [-0.05, 0) is 35.4 Å². The quantitative estimate of drug-likeness (QED) is 0.467. The lowest BCUT2D eigenvalue weighted by molar-refractivity contribution is 0.250. The molecule has 1 fully saturated rings. The van der Waals surface area contributed by atoms with Gasteiger partial charge in [-0.15, -0.1) is 0 Å². The van der Waals surface area contributed by atoms with Crippen molar-refractivity contribution in [3.05, 3.63) is 70.6 Å². The van der Waals surface area contributed by atoms with E-state index in [1.807, 2.05) is 18.2 Å². The van der Waals surface area contributed by atoms with Crippen molar-refractivity contribution in [3.8, 4) is 0 Å². The van der Waals surface area contributed by atoms with Gasteiger partial charge in [-0.3, -0.25) is 4.90 Å². The van der Waals surface area contributed by atoms with Crippen LogP contribution in [-0.2, 0) is 16.6 Å². The molecular weight excluding hydrogens is 338 g/mol. The van der Waals surface area contributed by atoms with E-state index in [4.69, 9.17) is 5.53 Å². The fourth-order valence-corrected chi connectivity index (χ4v) is 3.59. The van der Waals surface area contributed by atoms with Gasteiger partial charge >= 0.3 is 0 Å². The van der Waals surface area contributed by atoms with Gasteiger partial charge in [0.15, 0.2) is 0 Å². The van der Waals surface area contributed by atoms with Gasteiger partial charge in [-0.25, -0.2) is 8.42 Å². The molecule has 1 heterocycles. The number of hydrogen-bond donors (Lipinski definition) is 0. The summed E-state index contributed by atoms with van der Waals surface area (Å²) in [6.07, 6.45) is 0. The zero-order valence-corrected chi connectivity index (χ0v) is 14.5. The number of piperazine rings is 1. The summed E-state index contributed by atoms with van der Waals surface area (Å²) in [5.41, 5.74) is 10.6. The summed E-state index contributed by atoms with van der Waals surface area (Å²) in [7, 11) is -3.91. The van der Waals surface area contributed by atoms with Crippen LogP contribution in [0.25, 0.3) is 10.4 Å². The summed E-state index contributed by atoms with van der Waals surface area (Å²) >= 11 is 0. The van der Waals surface area contributed by atoms with E-state index in [0.717, 1.165) is 38.3 Å². The van der Waals surface area contributed by atoms with E-state index in [0.29, 0.717) is 0 Å². The first-order chi connectivity index (χ1) is 12.1. The minimum Gasteiger partial charge on any atom is -0.369 e. The van der Waals surface area contributed by atoms with E-state index in [1.54, 1.807) is 12.1 Å². The molecule has 0 N–H and O–H groups in total. The zero-order chi connectivity index (χ0) is 17.7. The standard InChI is InChI=1S/C17H19N5O2S/c18-19-20-25(23,24)17-8-6-15(7-9-17)14-21-10-12-22(13-11-21)16-4-2-1-3-5-16/h1-9H,10-14H2. The molecule has 0 radical (unpaired) electrons. The molecule has 2 aromatic carbocycles. The van der Waals surface area contributed by atoms with Crippen LogP contribution in [0.5, 0.6) is 0 Å². The summed E-state index contributed by atoms with van der Waals surface area (Å²) in [5.74, 6) is 0. The molecule has 3 rings (SSSR count). The van der Waals surface area contributed by atoms with Gasteiger partial charge in [0.25, 0.3) is 10.0 Å². The lowest BCUT2D eigenvalue weighted by Gasteiger charge is -2.36. The van der Waals surface area contributed by atoms with Gasteiger partial charge in [0, 0.05) is 47.8 Å². The third-order valence-electron chi connectivity index (χ3n) is 4.27. The van der Waals surface area contributed by atoms with E-state index in [2.05, 4.69) is 31.4 Å². The Kier molecular flexibility index (Phi) is 5.23. The number of anilines is 1. The number of para-hydroxylation sites is 1. The van der Waals surface area contributed by atoms with Crippen LogP contribution in [0.3, 0.4) is 0 Å². The first kappa shape index (κ1) is 17.3. The predicted octanol–water partition coefficient (Wildman–Crippen LogP) is 3.01. The predicted molar refractivity (Wildman–Crippen MR) is 96.7 cm³/mol. The lowest BCUT2D eigenvalue weighted by Crippen LogP contribution is -2.45. The molecule has 1 aliphatic rings. The molecule has 0 spiro atoms. The Labute approximate surface area is 147 Å². The van der Waals surface area contributed by atoms with E-state index < -0.39 is 10.0 Å². The van der Waals surface area contributed by atoms with Crippen LogP contribution < -0.4 is 4.90 Å². The fraction of sp³-hybridized carbons (Fsp3) is 0.294. The van der Waals surface area contributed by atoms with Gasteiger partial charge in [0.05, 0.1) is 4.90 Å². The molecular formula is C17H19N5O2S. The van der Waals surface area contributed by atoms with Crippen molar-refractivity contribution in [2.45, 2.75) is 11.4 Å². The highest BCUT2D eigenvalue weighted by atomic mass is 32.2. The molecule has 2 aromatic rings. The average Bonchev–Trinajstić information content (AvgIpc) is 2.63. The Hall–Kier alpha value is -2.54. The highest BCUT2D eigenvalue weighted by molar-refractivity contribution is 7.90. The zero-order valence-electron chi connectivity index (χ0n) is 13.7. The molecule has 130 valence electrons. The molecule has 0 aliphatic carbocycles. The molecule has 1 saturated heterocycles. The first-order valence-electron chi connectivity index (χ1n) is 8.01. The Morgan fingerprint density at radius 2 is 1.60 bits per heavy atom. The van der Waals surface area contributed by atoms with Crippen LogP contribution in [0, 0.1) is 0 Å². The molecule has 7 nitrogen and oxygen atoms in total. The topological polar surface area (TPSA) is 89.4 Å².